The van der Waals surface area contributed by atoms with Gasteiger partial charge in [0.15, 0.2) is 0 Å². The zero-order valence-electron chi connectivity index (χ0n) is 6.99. The van der Waals surface area contributed by atoms with Crippen LogP contribution in [0.3, 0.4) is 0 Å². The minimum atomic E-state index is -0.938. The highest BCUT2D eigenvalue weighted by atomic mass is 16.5. The average Bonchev–Trinajstić information content (AvgIpc) is 1.94. The number of hydrogen-bond donors (Lipinski definition) is 2. The third-order valence-corrected chi connectivity index (χ3v) is 1.79. The summed E-state index contributed by atoms with van der Waals surface area (Å²) in [4.78, 5) is 11.0. The lowest BCUT2D eigenvalue weighted by Gasteiger charge is -2.18. The van der Waals surface area contributed by atoms with Crippen molar-refractivity contribution in [2.75, 3.05) is 0 Å². The minimum absolute atomic E-state index is 0.559. The first-order valence-corrected chi connectivity index (χ1v) is 3.95. The van der Waals surface area contributed by atoms with Crippen molar-refractivity contribution >= 4 is 5.97 Å². The van der Waals surface area contributed by atoms with Gasteiger partial charge in [0.25, 0.3) is 0 Å². The third-order valence-electron chi connectivity index (χ3n) is 1.79. The summed E-state index contributed by atoms with van der Waals surface area (Å²) in [5.41, 5.74) is 5.34. The Morgan fingerprint density at radius 2 is 2.42 bits per heavy atom. The SMILES string of the molecule is C[C@@H](O)[C@H](N)C(=O)OC1=CCC1. The summed E-state index contributed by atoms with van der Waals surface area (Å²) in [7, 11) is 0. The standard InChI is InChI=1S/C8H13NO3/c1-5(10)7(9)8(11)12-6-3-2-4-6/h3,5,7,10H,2,4,9H2,1H3/t5-,7+/m1/s1. The first-order chi connectivity index (χ1) is 5.61. The fourth-order valence-electron chi connectivity index (χ4n) is 0.749. The van der Waals surface area contributed by atoms with Crippen molar-refractivity contribution in [3.63, 3.8) is 0 Å². The van der Waals surface area contributed by atoms with Crippen LogP contribution in [0, 0.1) is 0 Å². The van der Waals surface area contributed by atoms with Gasteiger partial charge in [0, 0.05) is 6.42 Å². The fraction of sp³-hybridized carbons (Fsp3) is 0.625. The molecule has 0 aromatic heterocycles. The van der Waals surface area contributed by atoms with Crippen LogP contribution in [0.15, 0.2) is 11.8 Å². The highest BCUT2D eigenvalue weighted by molar-refractivity contribution is 5.77. The normalized spacial score (nSPS) is 20.4. The van der Waals surface area contributed by atoms with Gasteiger partial charge in [-0.2, -0.15) is 0 Å². The van der Waals surface area contributed by atoms with Gasteiger partial charge in [-0.25, -0.2) is 4.79 Å². The Hall–Kier alpha value is -0.870. The molecule has 1 aliphatic carbocycles. The summed E-state index contributed by atoms with van der Waals surface area (Å²) < 4.78 is 4.85. The number of aliphatic hydroxyl groups is 1. The quantitative estimate of drug-likeness (QED) is 0.582. The lowest BCUT2D eigenvalue weighted by molar-refractivity contribution is -0.144. The van der Waals surface area contributed by atoms with E-state index < -0.39 is 18.1 Å². The van der Waals surface area contributed by atoms with Crippen LogP contribution in [-0.4, -0.2) is 23.2 Å². The lowest BCUT2D eigenvalue weighted by Crippen LogP contribution is -2.41. The van der Waals surface area contributed by atoms with Crippen molar-refractivity contribution in [2.45, 2.75) is 31.9 Å². The van der Waals surface area contributed by atoms with Crippen LogP contribution in [0.2, 0.25) is 0 Å². The molecule has 0 bridgehead atoms. The zero-order chi connectivity index (χ0) is 9.14. The van der Waals surface area contributed by atoms with E-state index >= 15 is 0 Å². The maximum absolute atomic E-state index is 11.0. The van der Waals surface area contributed by atoms with E-state index in [2.05, 4.69) is 0 Å². The Labute approximate surface area is 71.0 Å². The summed E-state index contributed by atoms with van der Waals surface area (Å²) >= 11 is 0. The molecule has 68 valence electrons. The maximum Gasteiger partial charge on any atom is 0.330 e. The third kappa shape index (κ3) is 2.06. The molecule has 0 aromatic rings. The molecule has 0 spiro atoms. The van der Waals surface area contributed by atoms with Crippen molar-refractivity contribution in [2.24, 2.45) is 5.73 Å². The van der Waals surface area contributed by atoms with Gasteiger partial charge in [0.05, 0.1) is 6.10 Å². The number of carbonyl (C=O) groups excluding carboxylic acids is 1. The molecule has 3 N–H and O–H groups in total. The largest absolute Gasteiger partial charge is 0.430 e. The van der Waals surface area contributed by atoms with E-state index in [1.54, 1.807) is 0 Å². The van der Waals surface area contributed by atoms with Crippen LogP contribution in [-0.2, 0) is 9.53 Å². The molecule has 4 heteroatoms. The van der Waals surface area contributed by atoms with Gasteiger partial charge in [-0.05, 0) is 19.4 Å². The monoisotopic (exact) mass is 171 g/mol. The van der Waals surface area contributed by atoms with Crippen LogP contribution in [0.5, 0.6) is 0 Å². The number of hydrogen-bond acceptors (Lipinski definition) is 4. The first-order valence-electron chi connectivity index (χ1n) is 3.95. The number of aliphatic hydroxyl groups excluding tert-OH is 1. The van der Waals surface area contributed by atoms with Crippen molar-refractivity contribution in [3.8, 4) is 0 Å². The smallest absolute Gasteiger partial charge is 0.330 e. The Morgan fingerprint density at radius 1 is 1.83 bits per heavy atom. The average molecular weight is 171 g/mol. The molecule has 0 heterocycles. The van der Waals surface area contributed by atoms with E-state index in [9.17, 15) is 4.79 Å². The number of carbonyl (C=O) groups is 1. The van der Waals surface area contributed by atoms with E-state index in [1.807, 2.05) is 6.08 Å². The highest BCUT2D eigenvalue weighted by Gasteiger charge is 2.22. The number of rotatable bonds is 3. The summed E-state index contributed by atoms with van der Waals surface area (Å²) in [6.45, 7) is 1.46. The maximum atomic E-state index is 11.0. The van der Waals surface area contributed by atoms with Crippen molar-refractivity contribution in [3.05, 3.63) is 11.8 Å². The fourth-order valence-corrected chi connectivity index (χ4v) is 0.749. The summed E-state index contributed by atoms with van der Waals surface area (Å²) in [6.07, 6.45) is 2.70. The molecule has 0 saturated carbocycles. The lowest BCUT2D eigenvalue weighted by atomic mass is 10.1. The Bertz CT molecular complexity index is 210. The van der Waals surface area contributed by atoms with Gasteiger partial charge in [-0.1, -0.05) is 0 Å². The van der Waals surface area contributed by atoms with E-state index in [4.69, 9.17) is 15.6 Å². The molecule has 0 unspecified atom stereocenters. The number of nitrogens with two attached hydrogens (primary N) is 1. The second-order valence-corrected chi connectivity index (χ2v) is 2.90. The predicted octanol–water partition coefficient (Wildman–Crippen LogP) is -0.0846. The van der Waals surface area contributed by atoms with Crippen LogP contribution in [0.1, 0.15) is 19.8 Å². The molecule has 1 aliphatic rings. The number of esters is 1. The topological polar surface area (TPSA) is 72.5 Å². The Kier molecular flexibility index (Phi) is 2.83. The second kappa shape index (κ2) is 3.69. The second-order valence-electron chi connectivity index (χ2n) is 2.90. The minimum Gasteiger partial charge on any atom is -0.430 e. The summed E-state index contributed by atoms with van der Waals surface area (Å²) in [5.74, 6) is 0.104. The molecule has 0 fully saturated rings. The molecule has 4 nitrogen and oxygen atoms in total. The van der Waals surface area contributed by atoms with Gasteiger partial charge in [0.2, 0.25) is 0 Å². The molecule has 12 heavy (non-hydrogen) atoms. The molecular formula is C8H13NO3. The van der Waals surface area contributed by atoms with E-state index in [0.717, 1.165) is 12.8 Å². The van der Waals surface area contributed by atoms with Crippen molar-refractivity contribution in [1.29, 1.82) is 0 Å². The van der Waals surface area contributed by atoms with Gasteiger partial charge in [-0.3, -0.25) is 0 Å². The van der Waals surface area contributed by atoms with Crippen LogP contribution < -0.4 is 5.73 Å². The van der Waals surface area contributed by atoms with Gasteiger partial charge < -0.3 is 15.6 Å². The van der Waals surface area contributed by atoms with E-state index in [1.165, 1.54) is 6.92 Å². The molecule has 2 atom stereocenters. The van der Waals surface area contributed by atoms with Gasteiger partial charge in [-0.15, -0.1) is 0 Å². The Balaban J connectivity index is 2.36. The van der Waals surface area contributed by atoms with E-state index in [-0.39, 0.29) is 0 Å². The molecule has 0 radical (unpaired) electrons. The van der Waals surface area contributed by atoms with Crippen molar-refractivity contribution < 1.29 is 14.6 Å². The zero-order valence-corrected chi connectivity index (χ0v) is 6.99. The molecule has 0 saturated heterocycles. The summed E-state index contributed by atoms with van der Waals surface area (Å²) in [5, 5.41) is 8.95. The number of allylic oxidation sites excluding steroid dienone is 2. The van der Waals surface area contributed by atoms with Crippen LogP contribution in [0.25, 0.3) is 0 Å². The van der Waals surface area contributed by atoms with Gasteiger partial charge in [0.1, 0.15) is 11.8 Å². The predicted molar refractivity (Wildman–Crippen MR) is 43.1 cm³/mol. The van der Waals surface area contributed by atoms with Gasteiger partial charge >= 0.3 is 5.97 Å². The molecule has 0 amide bonds. The number of ether oxygens (including phenoxy) is 1. The van der Waals surface area contributed by atoms with Crippen molar-refractivity contribution in [1.82, 2.24) is 0 Å². The van der Waals surface area contributed by atoms with Crippen LogP contribution >= 0.6 is 0 Å². The van der Waals surface area contributed by atoms with E-state index in [0.29, 0.717) is 5.76 Å². The molecule has 0 aliphatic heterocycles. The molecular weight excluding hydrogens is 158 g/mol. The van der Waals surface area contributed by atoms with Crippen LogP contribution in [0.4, 0.5) is 0 Å². The Morgan fingerprint density at radius 3 is 2.75 bits per heavy atom. The molecule has 1 rings (SSSR count). The first kappa shape index (κ1) is 9.22. The summed E-state index contributed by atoms with van der Waals surface area (Å²) in [6, 6.07) is -0.938. The molecule has 0 aromatic carbocycles. The highest BCUT2D eigenvalue weighted by Crippen LogP contribution is 2.19.